The third kappa shape index (κ3) is 4.63. The molecular formula is C21H26N2O3. The number of methoxy groups -OCH3 is 1. The zero-order valence-electron chi connectivity index (χ0n) is 15.6. The Bertz CT molecular complexity index is 763. The largest absolute Gasteiger partial charge is 0.497 e. The van der Waals surface area contributed by atoms with Crippen molar-refractivity contribution in [2.75, 3.05) is 20.2 Å². The van der Waals surface area contributed by atoms with Crippen LogP contribution < -0.4 is 10.5 Å². The van der Waals surface area contributed by atoms with E-state index in [9.17, 15) is 9.59 Å². The number of carbonyl (C=O) groups excluding carboxylic acids is 2. The van der Waals surface area contributed by atoms with E-state index in [0.717, 1.165) is 29.7 Å². The number of carbonyl (C=O) groups is 2. The van der Waals surface area contributed by atoms with Gasteiger partial charge in [-0.3, -0.25) is 9.59 Å². The van der Waals surface area contributed by atoms with Gasteiger partial charge in [-0.1, -0.05) is 26.0 Å². The summed E-state index contributed by atoms with van der Waals surface area (Å²) >= 11 is 0. The van der Waals surface area contributed by atoms with Crippen LogP contribution in [0.2, 0.25) is 0 Å². The Balaban J connectivity index is 2.47. The highest BCUT2D eigenvalue weighted by Crippen LogP contribution is 2.25. The summed E-state index contributed by atoms with van der Waals surface area (Å²) < 4.78 is 5.18. The number of hydrogen-bond acceptors (Lipinski definition) is 3. The standard InChI is InChI=1S/C21H26N2O3/c1-4-10-23(11-5-2)21(25)18-13-16(12-17(14-18)20(22)24)15-6-8-19(26-3)9-7-15/h6-9,12-14H,4-5,10-11H2,1-3H3,(H2,22,24). The number of nitrogens with zero attached hydrogens (tertiary/aromatic N) is 1. The SMILES string of the molecule is CCCN(CCC)C(=O)c1cc(C(N)=O)cc(-c2ccc(OC)cc2)c1. The van der Waals surface area contributed by atoms with Gasteiger partial charge in [0.15, 0.2) is 0 Å². The average molecular weight is 354 g/mol. The van der Waals surface area contributed by atoms with Crippen LogP contribution in [0.1, 0.15) is 47.4 Å². The Morgan fingerprint density at radius 2 is 1.50 bits per heavy atom. The summed E-state index contributed by atoms with van der Waals surface area (Å²) in [7, 11) is 1.61. The molecule has 2 rings (SSSR count). The van der Waals surface area contributed by atoms with Gasteiger partial charge < -0.3 is 15.4 Å². The topological polar surface area (TPSA) is 72.6 Å². The summed E-state index contributed by atoms with van der Waals surface area (Å²) in [4.78, 5) is 26.5. The molecule has 2 N–H and O–H groups in total. The molecule has 26 heavy (non-hydrogen) atoms. The van der Waals surface area contributed by atoms with E-state index in [1.165, 1.54) is 0 Å². The van der Waals surface area contributed by atoms with Crippen molar-refractivity contribution >= 4 is 11.8 Å². The van der Waals surface area contributed by atoms with Crippen molar-refractivity contribution in [3.8, 4) is 16.9 Å². The first-order chi connectivity index (χ1) is 12.5. The van der Waals surface area contributed by atoms with Gasteiger partial charge in [0.05, 0.1) is 7.11 Å². The minimum Gasteiger partial charge on any atom is -0.497 e. The maximum Gasteiger partial charge on any atom is 0.253 e. The van der Waals surface area contributed by atoms with Gasteiger partial charge >= 0.3 is 0 Å². The molecule has 5 nitrogen and oxygen atoms in total. The van der Waals surface area contributed by atoms with Crippen LogP contribution in [-0.2, 0) is 0 Å². The molecule has 2 aromatic rings. The molecule has 0 saturated carbocycles. The number of nitrogens with two attached hydrogens (primary N) is 1. The second-order valence-electron chi connectivity index (χ2n) is 6.18. The fourth-order valence-electron chi connectivity index (χ4n) is 2.88. The van der Waals surface area contributed by atoms with Gasteiger partial charge in [0.25, 0.3) is 5.91 Å². The first-order valence-electron chi connectivity index (χ1n) is 8.88. The molecule has 2 amide bonds. The third-order valence-corrected chi connectivity index (χ3v) is 4.16. The molecule has 2 aromatic carbocycles. The summed E-state index contributed by atoms with van der Waals surface area (Å²) in [5.41, 5.74) is 7.96. The van der Waals surface area contributed by atoms with Gasteiger partial charge in [0.1, 0.15) is 5.75 Å². The highest BCUT2D eigenvalue weighted by atomic mass is 16.5. The second-order valence-corrected chi connectivity index (χ2v) is 6.18. The number of rotatable bonds is 8. The predicted octanol–water partition coefficient (Wildman–Crippen LogP) is 3.72. The molecule has 0 heterocycles. The number of hydrogen-bond donors (Lipinski definition) is 1. The van der Waals surface area contributed by atoms with Crippen molar-refractivity contribution in [2.24, 2.45) is 5.73 Å². The lowest BCUT2D eigenvalue weighted by atomic mass is 9.98. The van der Waals surface area contributed by atoms with Crippen LogP contribution in [0.5, 0.6) is 5.75 Å². The molecule has 0 saturated heterocycles. The van der Waals surface area contributed by atoms with Crippen LogP contribution in [-0.4, -0.2) is 36.9 Å². The quantitative estimate of drug-likeness (QED) is 0.785. The number of benzene rings is 2. The molecule has 0 spiro atoms. The van der Waals surface area contributed by atoms with E-state index in [-0.39, 0.29) is 5.91 Å². The highest BCUT2D eigenvalue weighted by Gasteiger charge is 2.17. The van der Waals surface area contributed by atoms with Crippen molar-refractivity contribution in [3.63, 3.8) is 0 Å². The second kappa shape index (κ2) is 9.04. The number of ether oxygens (including phenoxy) is 1. The molecule has 5 heteroatoms. The molecule has 0 aliphatic heterocycles. The zero-order chi connectivity index (χ0) is 19.1. The van der Waals surface area contributed by atoms with Crippen molar-refractivity contribution in [1.29, 1.82) is 0 Å². The fourth-order valence-corrected chi connectivity index (χ4v) is 2.88. The zero-order valence-corrected chi connectivity index (χ0v) is 15.6. The lowest BCUT2D eigenvalue weighted by Crippen LogP contribution is -2.32. The van der Waals surface area contributed by atoms with Gasteiger partial charge in [0, 0.05) is 24.2 Å². The molecule has 0 unspecified atom stereocenters. The van der Waals surface area contributed by atoms with Crippen molar-refractivity contribution in [2.45, 2.75) is 26.7 Å². The summed E-state index contributed by atoms with van der Waals surface area (Å²) in [5.74, 6) is 0.117. The van der Waals surface area contributed by atoms with E-state index in [1.54, 1.807) is 19.2 Å². The minimum absolute atomic E-state index is 0.0773. The lowest BCUT2D eigenvalue weighted by molar-refractivity contribution is 0.0755. The van der Waals surface area contributed by atoms with E-state index < -0.39 is 5.91 Å². The fraction of sp³-hybridized carbons (Fsp3) is 0.333. The summed E-state index contributed by atoms with van der Waals surface area (Å²) in [6.45, 7) is 5.45. The number of amides is 2. The first-order valence-corrected chi connectivity index (χ1v) is 8.88. The average Bonchev–Trinajstić information content (AvgIpc) is 2.67. The Morgan fingerprint density at radius 3 is 2.00 bits per heavy atom. The monoisotopic (exact) mass is 354 g/mol. The maximum absolute atomic E-state index is 12.9. The smallest absolute Gasteiger partial charge is 0.253 e. The van der Waals surface area contributed by atoms with E-state index in [0.29, 0.717) is 24.2 Å². The Hall–Kier alpha value is -2.82. The summed E-state index contributed by atoms with van der Waals surface area (Å²) in [6.07, 6.45) is 1.76. The van der Waals surface area contributed by atoms with Crippen LogP contribution in [0, 0.1) is 0 Å². The molecule has 0 aliphatic rings. The van der Waals surface area contributed by atoms with Crippen LogP contribution in [0.25, 0.3) is 11.1 Å². The van der Waals surface area contributed by atoms with Gasteiger partial charge in [-0.25, -0.2) is 0 Å². The van der Waals surface area contributed by atoms with Crippen LogP contribution in [0.4, 0.5) is 0 Å². The van der Waals surface area contributed by atoms with Crippen molar-refractivity contribution in [3.05, 3.63) is 53.6 Å². The summed E-state index contributed by atoms with van der Waals surface area (Å²) in [5, 5.41) is 0. The van der Waals surface area contributed by atoms with Crippen LogP contribution in [0.3, 0.4) is 0 Å². The van der Waals surface area contributed by atoms with Crippen molar-refractivity contribution in [1.82, 2.24) is 4.90 Å². The van der Waals surface area contributed by atoms with E-state index in [2.05, 4.69) is 0 Å². The highest BCUT2D eigenvalue weighted by molar-refractivity contribution is 6.01. The predicted molar refractivity (Wildman–Crippen MR) is 103 cm³/mol. The van der Waals surface area contributed by atoms with E-state index in [4.69, 9.17) is 10.5 Å². The Labute approximate surface area is 154 Å². The van der Waals surface area contributed by atoms with Crippen LogP contribution >= 0.6 is 0 Å². The lowest BCUT2D eigenvalue weighted by Gasteiger charge is -2.22. The third-order valence-electron chi connectivity index (χ3n) is 4.16. The normalized spacial score (nSPS) is 10.4. The molecule has 0 aromatic heterocycles. The molecule has 0 radical (unpaired) electrons. The maximum atomic E-state index is 12.9. The van der Waals surface area contributed by atoms with Gasteiger partial charge in [-0.2, -0.15) is 0 Å². The molecule has 0 bridgehead atoms. The molecule has 0 fully saturated rings. The Morgan fingerprint density at radius 1 is 0.923 bits per heavy atom. The van der Waals surface area contributed by atoms with E-state index >= 15 is 0 Å². The van der Waals surface area contributed by atoms with Gasteiger partial charge in [0.2, 0.25) is 5.91 Å². The molecule has 0 atom stereocenters. The minimum atomic E-state index is -0.549. The first kappa shape index (κ1) is 19.5. The van der Waals surface area contributed by atoms with Gasteiger partial charge in [-0.05, 0) is 54.3 Å². The molecular weight excluding hydrogens is 328 g/mol. The van der Waals surface area contributed by atoms with E-state index in [1.807, 2.05) is 49.1 Å². The number of primary amides is 1. The summed E-state index contributed by atoms with van der Waals surface area (Å²) in [6, 6.07) is 12.6. The Kier molecular flexibility index (Phi) is 6.78. The molecule has 0 aliphatic carbocycles. The van der Waals surface area contributed by atoms with Crippen molar-refractivity contribution < 1.29 is 14.3 Å². The van der Waals surface area contributed by atoms with Crippen LogP contribution in [0.15, 0.2) is 42.5 Å². The molecule has 138 valence electrons. The van der Waals surface area contributed by atoms with Gasteiger partial charge in [-0.15, -0.1) is 0 Å².